The predicted octanol–water partition coefficient (Wildman–Crippen LogP) is 6.58. The highest BCUT2D eigenvalue weighted by Crippen LogP contribution is 2.25. The number of halogens is 1. The van der Waals surface area contributed by atoms with Crippen molar-refractivity contribution < 1.29 is 14.3 Å². The quantitative estimate of drug-likeness (QED) is 0.158. The summed E-state index contributed by atoms with van der Waals surface area (Å²) in [5, 5.41) is 14.6. The lowest BCUT2D eigenvalue weighted by atomic mass is 10.1. The van der Waals surface area contributed by atoms with E-state index in [0.717, 1.165) is 20.4 Å². The van der Waals surface area contributed by atoms with Crippen LogP contribution in [0.15, 0.2) is 90.5 Å². The van der Waals surface area contributed by atoms with Crippen molar-refractivity contribution in [3.05, 3.63) is 105 Å². The minimum Gasteiger partial charge on any atom is -0.497 e. The summed E-state index contributed by atoms with van der Waals surface area (Å²) in [6.45, 7) is 0.448. The summed E-state index contributed by atoms with van der Waals surface area (Å²) in [7, 11) is 1.57. The number of benzene rings is 4. The highest BCUT2D eigenvalue weighted by Gasteiger charge is 2.11. The van der Waals surface area contributed by atoms with Gasteiger partial charge in [0.2, 0.25) is 0 Å². The summed E-state index contributed by atoms with van der Waals surface area (Å²) >= 11 is 2.19. The van der Waals surface area contributed by atoms with Crippen LogP contribution in [-0.2, 0) is 11.4 Å². The first-order valence-corrected chi connectivity index (χ1v) is 11.6. The van der Waals surface area contributed by atoms with Crippen molar-refractivity contribution in [2.45, 2.75) is 6.61 Å². The average molecular weight is 560 g/mol. The zero-order chi connectivity index (χ0) is 23.9. The molecule has 0 spiro atoms. The van der Waals surface area contributed by atoms with Gasteiger partial charge in [0.15, 0.2) is 0 Å². The van der Waals surface area contributed by atoms with Gasteiger partial charge >= 0.3 is 0 Å². The molecule has 0 aliphatic rings. The second-order valence-corrected chi connectivity index (χ2v) is 8.67. The van der Waals surface area contributed by atoms with Crippen LogP contribution in [0.4, 0.5) is 5.69 Å². The van der Waals surface area contributed by atoms with Crippen molar-refractivity contribution in [2.24, 2.45) is 0 Å². The zero-order valence-electron chi connectivity index (χ0n) is 18.4. The van der Waals surface area contributed by atoms with E-state index in [1.807, 2.05) is 36.4 Å². The average Bonchev–Trinajstić information content (AvgIpc) is 2.87. The molecule has 1 N–H and O–H groups in total. The number of rotatable bonds is 7. The van der Waals surface area contributed by atoms with Gasteiger partial charge < -0.3 is 14.8 Å². The number of nitriles is 1. The summed E-state index contributed by atoms with van der Waals surface area (Å²) in [5.74, 6) is 0.956. The van der Waals surface area contributed by atoms with Crippen LogP contribution in [0.25, 0.3) is 16.8 Å². The van der Waals surface area contributed by atoms with Crippen LogP contribution < -0.4 is 14.8 Å². The molecule has 4 aromatic rings. The van der Waals surface area contributed by atoms with E-state index in [1.54, 1.807) is 37.5 Å². The fourth-order valence-corrected chi connectivity index (χ4v) is 4.10. The summed E-state index contributed by atoms with van der Waals surface area (Å²) < 4.78 is 12.0. The zero-order valence-corrected chi connectivity index (χ0v) is 20.6. The molecular formula is C28H21IN2O3. The fourth-order valence-electron chi connectivity index (χ4n) is 3.40. The van der Waals surface area contributed by atoms with Gasteiger partial charge in [0.25, 0.3) is 5.91 Å². The maximum atomic E-state index is 12.5. The largest absolute Gasteiger partial charge is 0.497 e. The van der Waals surface area contributed by atoms with E-state index in [1.165, 1.54) is 10.8 Å². The highest BCUT2D eigenvalue weighted by molar-refractivity contribution is 14.1. The van der Waals surface area contributed by atoms with E-state index in [4.69, 9.17) is 9.47 Å². The summed E-state index contributed by atoms with van der Waals surface area (Å²) in [4.78, 5) is 12.5. The number of nitrogens with one attached hydrogen (secondary N) is 1. The van der Waals surface area contributed by atoms with E-state index >= 15 is 0 Å². The first-order chi connectivity index (χ1) is 16.6. The molecule has 0 saturated heterocycles. The molecule has 0 fully saturated rings. The van der Waals surface area contributed by atoms with Crippen LogP contribution in [0, 0.1) is 14.9 Å². The number of carbonyl (C=O) groups is 1. The molecule has 0 radical (unpaired) electrons. The molecule has 0 unspecified atom stereocenters. The van der Waals surface area contributed by atoms with Crippen molar-refractivity contribution in [1.29, 1.82) is 5.26 Å². The molecule has 4 rings (SSSR count). The number of hydrogen-bond donors (Lipinski definition) is 1. The highest BCUT2D eigenvalue weighted by atomic mass is 127. The van der Waals surface area contributed by atoms with Gasteiger partial charge in [-0.25, -0.2) is 0 Å². The number of ether oxygens (including phenoxy) is 2. The predicted molar refractivity (Wildman–Crippen MR) is 143 cm³/mol. The Hall–Kier alpha value is -3.83. The first-order valence-electron chi connectivity index (χ1n) is 10.5. The standard InChI is InChI=1S/C28H21IN2O3/c1-33-25-11-9-24(10-12-25)31-28(32)23(17-30)14-19-7-13-27(26(29)16-19)34-18-20-6-8-21-4-2-3-5-22(21)15-20/h2-16H,18H2,1H3,(H,31,32)/b23-14-. The Kier molecular flexibility index (Phi) is 7.45. The Morgan fingerprint density at radius 2 is 1.76 bits per heavy atom. The maximum Gasteiger partial charge on any atom is 0.266 e. The Bertz CT molecular complexity index is 1410. The van der Waals surface area contributed by atoms with Crippen LogP contribution in [0.1, 0.15) is 11.1 Å². The lowest BCUT2D eigenvalue weighted by Crippen LogP contribution is -2.13. The molecule has 168 valence electrons. The third-order valence-electron chi connectivity index (χ3n) is 5.19. The maximum absolute atomic E-state index is 12.5. The van der Waals surface area contributed by atoms with Gasteiger partial charge in [-0.1, -0.05) is 42.5 Å². The number of anilines is 1. The van der Waals surface area contributed by atoms with Gasteiger partial charge in [0.05, 0.1) is 10.7 Å². The second kappa shape index (κ2) is 10.9. The molecule has 0 aliphatic carbocycles. The Morgan fingerprint density at radius 3 is 2.47 bits per heavy atom. The van der Waals surface area contributed by atoms with Crippen molar-refractivity contribution in [2.75, 3.05) is 12.4 Å². The molecule has 0 heterocycles. The van der Waals surface area contributed by atoms with Crippen molar-refractivity contribution in [1.82, 2.24) is 0 Å². The van der Waals surface area contributed by atoms with Gasteiger partial charge in [-0.2, -0.15) is 5.26 Å². The Morgan fingerprint density at radius 1 is 1.00 bits per heavy atom. The summed E-state index contributed by atoms with van der Waals surface area (Å²) in [6, 6.07) is 29.0. The van der Waals surface area contributed by atoms with E-state index in [-0.39, 0.29) is 5.57 Å². The molecule has 0 saturated carbocycles. The van der Waals surface area contributed by atoms with E-state index < -0.39 is 5.91 Å². The lowest BCUT2D eigenvalue weighted by Gasteiger charge is -2.10. The molecule has 34 heavy (non-hydrogen) atoms. The second-order valence-electron chi connectivity index (χ2n) is 7.51. The van der Waals surface area contributed by atoms with Crippen molar-refractivity contribution in [3.63, 3.8) is 0 Å². The van der Waals surface area contributed by atoms with Gasteiger partial charge in [-0.05, 0) is 93.0 Å². The van der Waals surface area contributed by atoms with Gasteiger partial charge in [0, 0.05) is 5.69 Å². The van der Waals surface area contributed by atoms with Crippen LogP contribution in [0.3, 0.4) is 0 Å². The van der Waals surface area contributed by atoms with E-state index in [9.17, 15) is 10.1 Å². The molecule has 1 amide bonds. The topological polar surface area (TPSA) is 71.3 Å². The Labute approximate surface area is 211 Å². The van der Waals surface area contributed by atoms with Crippen LogP contribution in [0.5, 0.6) is 11.5 Å². The third-order valence-corrected chi connectivity index (χ3v) is 6.03. The number of fused-ring (bicyclic) bond motifs is 1. The van der Waals surface area contributed by atoms with Crippen LogP contribution in [0.2, 0.25) is 0 Å². The van der Waals surface area contributed by atoms with E-state index in [2.05, 4.69) is 58.2 Å². The monoisotopic (exact) mass is 560 g/mol. The summed E-state index contributed by atoms with van der Waals surface area (Å²) in [6.07, 6.45) is 1.56. The normalized spacial score (nSPS) is 11.0. The van der Waals surface area contributed by atoms with Gasteiger partial charge in [-0.15, -0.1) is 0 Å². The lowest BCUT2D eigenvalue weighted by molar-refractivity contribution is -0.112. The first kappa shape index (κ1) is 23.3. The van der Waals surface area contributed by atoms with Crippen molar-refractivity contribution in [3.8, 4) is 17.6 Å². The van der Waals surface area contributed by atoms with Crippen LogP contribution in [-0.4, -0.2) is 13.0 Å². The summed E-state index contributed by atoms with van der Waals surface area (Å²) in [5.41, 5.74) is 2.42. The smallest absolute Gasteiger partial charge is 0.266 e. The number of amides is 1. The molecule has 0 atom stereocenters. The molecule has 0 bridgehead atoms. The third kappa shape index (κ3) is 5.74. The molecule has 0 aliphatic heterocycles. The molecule has 4 aromatic carbocycles. The minimum absolute atomic E-state index is 0.0106. The van der Waals surface area contributed by atoms with Gasteiger partial charge in [0.1, 0.15) is 29.7 Å². The Balaban J connectivity index is 1.43. The van der Waals surface area contributed by atoms with Crippen molar-refractivity contribution >= 4 is 51.0 Å². The van der Waals surface area contributed by atoms with Crippen LogP contribution >= 0.6 is 22.6 Å². The number of carbonyl (C=O) groups excluding carboxylic acids is 1. The molecule has 6 heteroatoms. The molecule has 0 aromatic heterocycles. The number of hydrogen-bond acceptors (Lipinski definition) is 4. The van der Waals surface area contributed by atoms with Gasteiger partial charge in [-0.3, -0.25) is 4.79 Å². The minimum atomic E-state index is -0.473. The molecule has 5 nitrogen and oxygen atoms in total. The van der Waals surface area contributed by atoms with E-state index in [0.29, 0.717) is 18.0 Å². The molecular weight excluding hydrogens is 539 g/mol. The number of methoxy groups -OCH3 is 1. The SMILES string of the molecule is COc1ccc(NC(=O)/C(C#N)=C\c2ccc(OCc3ccc4ccccc4c3)c(I)c2)cc1. The number of nitrogens with zero attached hydrogens (tertiary/aromatic N) is 1. The fraction of sp³-hybridized carbons (Fsp3) is 0.0714.